The van der Waals surface area contributed by atoms with Gasteiger partial charge in [-0.1, -0.05) is 75.2 Å². The highest BCUT2D eigenvalue weighted by Gasteiger charge is 2.33. The van der Waals surface area contributed by atoms with Gasteiger partial charge < -0.3 is 20.5 Å². The van der Waals surface area contributed by atoms with Crippen molar-refractivity contribution in [1.29, 1.82) is 0 Å². The second-order valence-electron chi connectivity index (χ2n) is 9.93. The quantitative estimate of drug-likeness (QED) is 0.516. The number of aliphatic carboxylic acids is 1. The van der Waals surface area contributed by atoms with Gasteiger partial charge in [-0.05, 0) is 46.9 Å². The zero-order chi connectivity index (χ0) is 24.9. The Balaban J connectivity index is 1.35. The average Bonchev–Trinajstić information content (AvgIpc) is 3.18. The lowest BCUT2D eigenvalue weighted by atomic mass is 9.79. The molecule has 0 saturated heterocycles. The number of carboxylic acid groups (broad SMARTS) is 1. The van der Waals surface area contributed by atoms with Crippen LogP contribution >= 0.6 is 0 Å². The zero-order valence-electron chi connectivity index (χ0n) is 20.3. The molecule has 2 aromatic rings. The second kappa shape index (κ2) is 10.9. The van der Waals surface area contributed by atoms with E-state index in [1.54, 1.807) is 0 Å². The van der Waals surface area contributed by atoms with Gasteiger partial charge in [-0.25, -0.2) is 4.79 Å². The number of hydrogen-bond donors (Lipinski definition) is 3. The Bertz CT molecular complexity index is 1040. The van der Waals surface area contributed by atoms with Crippen LogP contribution in [0.2, 0.25) is 0 Å². The Labute approximate surface area is 206 Å². The number of carboxylic acids is 1. The lowest BCUT2D eigenvalue weighted by Gasteiger charge is -2.29. The van der Waals surface area contributed by atoms with E-state index in [0.29, 0.717) is 13.0 Å². The van der Waals surface area contributed by atoms with E-state index in [0.717, 1.165) is 41.5 Å². The molecule has 7 nitrogen and oxygen atoms in total. The van der Waals surface area contributed by atoms with Gasteiger partial charge in [0.1, 0.15) is 12.6 Å². The van der Waals surface area contributed by atoms with E-state index in [2.05, 4.69) is 34.9 Å². The molecule has 35 heavy (non-hydrogen) atoms. The first-order chi connectivity index (χ1) is 16.9. The molecule has 2 amide bonds. The Morgan fingerprint density at radius 2 is 1.57 bits per heavy atom. The Morgan fingerprint density at radius 3 is 2.17 bits per heavy atom. The maximum absolute atomic E-state index is 12.9. The molecule has 0 aliphatic heterocycles. The van der Waals surface area contributed by atoms with Crippen LogP contribution in [0.15, 0.2) is 48.5 Å². The molecule has 0 heterocycles. The van der Waals surface area contributed by atoms with Gasteiger partial charge in [-0.2, -0.15) is 0 Å². The lowest BCUT2D eigenvalue weighted by Crippen LogP contribution is -2.51. The highest BCUT2D eigenvalue weighted by Crippen LogP contribution is 2.44. The molecule has 2 aromatic carbocycles. The smallest absolute Gasteiger partial charge is 0.407 e. The third kappa shape index (κ3) is 5.50. The standard InChI is InChI=1S/C28H34N2O5/c1-17(2)25(26(31)29-15-18-9-3-4-10-19(18)27(32)33)30-28(34)35-16-24-22-13-7-5-11-20(22)21-12-6-8-14-23(21)24/h5-8,11-14,17-19,24-25H,3-4,9-10,15-16H2,1-2H3,(H,29,31)(H,30,34)(H,32,33)/t18-,19-,25+/m1/s1. The molecular formula is C28H34N2O5. The molecule has 3 N–H and O–H groups in total. The second-order valence-corrected chi connectivity index (χ2v) is 9.93. The molecule has 2 aliphatic carbocycles. The number of nitrogens with one attached hydrogen (secondary N) is 2. The van der Waals surface area contributed by atoms with E-state index in [4.69, 9.17) is 4.74 Å². The molecular weight excluding hydrogens is 444 g/mol. The average molecular weight is 479 g/mol. The minimum Gasteiger partial charge on any atom is -0.481 e. The fraction of sp³-hybridized carbons (Fsp3) is 0.464. The van der Waals surface area contributed by atoms with Crippen LogP contribution in [0.5, 0.6) is 0 Å². The summed E-state index contributed by atoms with van der Waals surface area (Å²) in [5.74, 6) is -1.86. The van der Waals surface area contributed by atoms with Crippen LogP contribution in [0, 0.1) is 17.8 Å². The van der Waals surface area contributed by atoms with Crippen LogP contribution < -0.4 is 10.6 Å². The summed E-state index contributed by atoms with van der Waals surface area (Å²) in [4.78, 5) is 37.1. The summed E-state index contributed by atoms with van der Waals surface area (Å²) in [7, 11) is 0. The number of carbonyl (C=O) groups is 3. The first-order valence-electron chi connectivity index (χ1n) is 12.5. The van der Waals surface area contributed by atoms with Crippen molar-refractivity contribution in [3.8, 4) is 11.1 Å². The van der Waals surface area contributed by atoms with Crippen molar-refractivity contribution in [3.05, 3.63) is 59.7 Å². The van der Waals surface area contributed by atoms with Crippen LogP contribution in [0.25, 0.3) is 11.1 Å². The van der Waals surface area contributed by atoms with Gasteiger partial charge in [0.25, 0.3) is 0 Å². The van der Waals surface area contributed by atoms with Gasteiger partial charge in [-0.15, -0.1) is 0 Å². The number of amides is 2. The molecule has 3 atom stereocenters. The fourth-order valence-electron chi connectivity index (χ4n) is 5.42. The minimum atomic E-state index is -0.805. The topological polar surface area (TPSA) is 105 Å². The number of carbonyl (C=O) groups excluding carboxylic acids is 2. The largest absolute Gasteiger partial charge is 0.481 e. The van der Waals surface area contributed by atoms with E-state index in [1.807, 2.05) is 38.1 Å². The Hall–Kier alpha value is -3.35. The Kier molecular flexibility index (Phi) is 7.73. The summed E-state index contributed by atoms with van der Waals surface area (Å²) < 4.78 is 5.61. The number of alkyl carbamates (subject to hydrolysis) is 1. The van der Waals surface area contributed by atoms with Crippen molar-refractivity contribution < 1.29 is 24.2 Å². The molecule has 1 fully saturated rings. The fourth-order valence-corrected chi connectivity index (χ4v) is 5.42. The van der Waals surface area contributed by atoms with E-state index in [1.165, 1.54) is 0 Å². The maximum Gasteiger partial charge on any atom is 0.407 e. The van der Waals surface area contributed by atoms with Gasteiger partial charge >= 0.3 is 12.1 Å². The summed E-state index contributed by atoms with van der Waals surface area (Å²) in [5, 5.41) is 15.1. The molecule has 186 valence electrons. The SMILES string of the molecule is CC(C)[C@H](NC(=O)OCC1c2ccccc2-c2ccccc21)C(=O)NC[C@H]1CCCC[C@H]1C(=O)O. The summed E-state index contributed by atoms with van der Waals surface area (Å²) >= 11 is 0. The molecule has 0 spiro atoms. The Morgan fingerprint density at radius 1 is 0.971 bits per heavy atom. The van der Waals surface area contributed by atoms with Crippen LogP contribution in [-0.4, -0.2) is 42.3 Å². The van der Waals surface area contributed by atoms with Crippen LogP contribution in [0.1, 0.15) is 56.6 Å². The lowest BCUT2D eigenvalue weighted by molar-refractivity contribution is -0.145. The first kappa shape index (κ1) is 24.8. The van der Waals surface area contributed by atoms with Gasteiger partial charge in [-0.3, -0.25) is 9.59 Å². The molecule has 4 rings (SSSR count). The molecule has 0 radical (unpaired) electrons. The number of rotatable bonds is 8. The van der Waals surface area contributed by atoms with Gasteiger partial charge in [0, 0.05) is 12.5 Å². The predicted molar refractivity (Wildman–Crippen MR) is 133 cm³/mol. The van der Waals surface area contributed by atoms with Crippen molar-refractivity contribution >= 4 is 18.0 Å². The first-order valence-corrected chi connectivity index (χ1v) is 12.5. The number of ether oxygens (including phenoxy) is 1. The predicted octanol–water partition coefficient (Wildman–Crippen LogP) is 4.56. The third-order valence-corrected chi connectivity index (χ3v) is 7.33. The minimum absolute atomic E-state index is 0.0567. The van der Waals surface area contributed by atoms with Crippen LogP contribution in [0.4, 0.5) is 4.79 Å². The van der Waals surface area contributed by atoms with E-state index >= 15 is 0 Å². The van der Waals surface area contributed by atoms with E-state index < -0.39 is 24.0 Å². The van der Waals surface area contributed by atoms with Crippen LogP contribution in [0.3, 0.4) is 0 Å². The molecule has 7 heteroatoms. The number of benzene rings is 2. The molecule has 0 aromatic heterocycles. The molecule has 1 saturated carbocycles. The highest BCUT2D eigenvalue weighted by atomic mass is 16.5. The van der Waals surface area contributed by atoms with Gasteiger partial charge in [0.2, 0.25) is 5.91 Å². The number of fused-ring (bicyclic) bond motifs is 3. The summed E-state index contributed by atoms with van der Waals surface area (Å²) in [6.07, 6.45) is 2.65. The summed E-state index contributed by atoms with van der Waals surface area (Å²) in [6.45, 7) is 4.18. The van der Waals surface area contributed by atoms with E-state index in [-0.39, 0.29) is 30.3 Å². The van der Waals surface area contributed by atoms with Crippen molar-refractivity contribution in [2.45, 2.75) is 51.5 Å². The summed E-state index contributed by atoms with van der Waals surface area (Å²) in [5.41, 5.74) is 4.55. The molecule has 2 aliphatic rings. The van der Waals surface area contributed by atoms with Crippen LogP contribution in [-0.2, 0) is 14.3 Å². The zero-order valence-corrected chi connectivity index (χ0v) is 20.3. The van der Waals surface area contributed by atoms with Crippen molar-refractivity contribution in [1.82, 2.24) is 10.6 Å². The van der Waals surface area contributed by atoms with Gasteiger partial charge in [0.15, 0.2) is 0 Å². The van der Waals surface area contributed by atoms with Crippen molar-refractivity contribution in [2.75, 3.05) is 13.2 Å². The van der Waals surface area contributed by atoms with E-state index in [9.17, 15) is 19.5 Å². The van der Waals surface area contributed by atoms with Crippen molar-refractivity contribution in [2.24, 2.45) is 17.8 Å². The maximum atomic E-state index is 12.9. The number of hydrogen-bond acceptors (Lipinski definition) is 4. The normalized spacial score (nSPS) is 20.0. The van der Waals surface area contributed by atoms with Gasteiger partial charge in [0.05, 0.1) is 5.92 Å². The highest BCUT2D eigenvalue weighted by molar-refractivity contribution is 5.86. The molecule has 0 unspecified atom stereocenters. The van der Waals surface area contributed by atoms with Crippen molar-refractivity contribution in [3.63, 3.8) is 0 Å². The summed E-state index contributed by atoms with van der Waals surface area (Å²) in [6, 6.07) is 15.5. The monoisotopic (exact) mass is 478 g/mol. The molecule has 0 bridgehead atoms. The third-order valence-electron chi connectivity index (χ3n) is 7.33.